The van der Waals surface area contributed by atoms with Gasteiger partial charge in [0.05, 0.1) is 6.42 Å². The summed E-state index contributed by atoms with van der Waals surface area (Å²) in [6, 6.07) is 22.4. The topological polar surface area (TPSA) is 62.6 Å². The van der Waals surface area contributed by atoms with Gasteiger partial charge in [-0.25, -0.2) is 0 Å². The molecule has 0 radical (unpaired) electrons. The van der Waals surface area contributed by atoms with E-state index in [4.69, 9.17) is 4.42 Å². The van der Waals surface area contributed by atoms with Gasteiger partial charge in [-0.15, -0.1) is 11.3 Å². The van der Waals surface area contributed by atoms with Gasteiger partial charge in [-0.2, -0.15) is 0 Å². The van der Waals surface area contributed by atoms with Gasteiger partial charge in [-0.3, -0.25) is 14.5 Å². The predicted molar refractivity (Wildman–Crippen MR) is 141 cm³/mol. The van der Waals surface area contributed by atoms with Crippen LogP contribution in [-0.4, -0.2) is 18.4 Å². The van der Waals surface area contributed by atoms with Gasteiger partial charge in [0, 0.05) is 17.1 Å². The fourth-order valence-electron chi connectivity index (χ4n) is 4.11. The Hall–Kier alpha value is -3.64. The number of nitrogens with zero attached hydrogens (tertiary/aromatic N) is 1. The monoisotopic (exact) mass is 486 g/mol. The van der Waals surface area contributed by atoms with Crippen LogP contribution < -0.4 is 10.2 Å². The number of carbonyl (C=O) groups is 2. The van der Waals surface area contributed by atoms with Gasteiger partial charge in [0.1, 0.15) is 11.5 Å². The zero-order valence-electron chi connectivity index (χ0n) is 20.3. The van der Waals surface area contributed by atoms with Crippen molar-refractivity contribution in [1.82, 2.24) is 5.32 Å². The highest BCUT2D eigenvalue weighted by atomic mass is 32.1. The number of hydrogen-bond acceptors (Lipinski definition) is 4. The number of hydrogen-bond donors (Lipinski definition) is 1. The van der Waals surface area contributed by atoms with E-state index >= 15 is 0 Å². The van der Waals surface area contributed by atoms with Crippen LogP contribution in [0.25, 0.3) is 0 Å². The van der Waals surface area contributed by atoms with Gasteiger partial charge >= 0.3 is 0 Å². The lowest BCUT2D eigenvalue weighted by Crippen LogP contribution is -2.45. The first kappa shape index (κ1) is 24.5. The van der Waals surface area contributed by atoms with E-state index in [1.807, 2.05) is 92.9 Å². The van der Waals surface area contributed by atoms with Crippen LogP contribution >= 0.6 is 11.3 Å². The molecular formula is C29H30N2O3S. The second-order valence-corrected chi connectivity index (χ2v) is 9.65. The molecule has 35 heavy (non-hydrogen) atoms. The van der Waals surface area contributed by atoms with E-state index in [1.54, 1.807) is 11.0 Å². The van der Waals surface area contributed by atoms with Crippen molar-refractivity contribution in [3.05, 3.63) is 111 Å². The first-order valence-corrected chi connectivity index (χ1v) is 12.6. The van der Waals surface area contributed by atoms with Crippen molar-refractivity contribution in [3.63, 3.8) is 0 Å². The first-order valence-electron chi connectivity index (χ1n) is 11.7. The molecule has 5 nitrogen and oxygen atoms in total. The lowest BCUT2D eigenvalue weighted by atomic mass is 10.0. The highest BCUT2D eigenvalue weighted by molar-refractivity contribution is 7.10. The Kier molecular flexibility index (Phi) is 7.83. The average Bonchev–Trinajstić information content (AvgIpc) is 3.51. The van der Waals surface area contributed by atoms with E-state index in [-0.39, 0.29) is 18.2 Å². The van der Waals surface area contributed by atoms with Crippen LogP contribution in [0, 0.1) is 20.8 Å². The standard InChI is InChI=1S/C29H30N2O3S/c1-20-9-7-13-25(22(20)3)31(27(32)19-24-12-8-18-35-24)28(26-15-14-21(2)34-26)29(33)30-17-16-23-10-5-4-6-11-23/h4-15,18,28H,16-17,19H2,1-3H3,(H,30,33). The number of aryl methyl sites for hydroxylation is 2. The number of benzene rings is 2. The van der Waals surface area contributed by atoms with Gasteiger partial charge in [-0.05, 0) is 73.5 Å². The second kappa shape index (κ2) is 11.2. The number of furan rings is 1. The van der Waals surface area contributed by atoms with E-state index < -0.39 is 6.04 Å². The summed E-state index contributed by atoms with van der Waals surface area (Å²) < 4.78 is 5.94. The molecule has 2 aromatic heterocycles. The highest BCUT2D eigenvalue weighted by Crippen LogP contribution is 2.33. The summed E-state index contributed by atoms with van der Waals surface area (Å²) in [5.41, 5.74) is 3.86. The molecule has 0 aliphatic rings. The summed E-state index contributed by atoms with van der Waals surface area (Å²) in [7, 11) is 0. The molecule has 1 unspecified atom stereocenters. The fraction of sp³-hybridized carbons (Fsp3) is 0.241. The zero-order valence-corrected chi connectivity index (χ0v) is 21.1. The van der Waals surface area contributed by atoms with Crippen LogP contribution in [0.5, 0.6) is 0 Å². The van der Waals surface area contributed by atoms with Gasteiger partial charge in [-0.1, -0.05) is 48.5 Å². The predicted octanol–water partition coefficient (Wildman–Crippen LogP) is 5.94. The van der Waals surface area contributed by atoms with Crippen LogP contribution in [0.1, 0.15) is 39.1 Å². The molecule has 2 aromatic carbocycles. The number of nitrogens with one attached hydrogen (secondary N) is 1. The Morgan fingerprint density at radius 1 is 0.943 bits per heavy atom. The minimum absolute atomic E-state index is 0.154. The molecule has 0 spiro atoms. The van der Waals surface area contributed by atoms with Crippen molar-refractivity contribution in [1.29, 1.82) is 0 Å². The third-order valence-corrected chi connectivity index (χ3v) is 6.98. The summed E-state index contributed by atoms with van der Waals surface area (Å²) in [5.74, 6) is 0.711. The molecule has 2 heterocycles. The molecule has 0 aliphatic heterocycles. The normalized spacial score (nSPS) is 11.7. The van der Waals surface area contributed by atoms with Crippen molar-refractivity contribution in [2.45, 2.75) is 39.7 Å². The smallest absolute Gasteiger partial charge is 0.251 e. The number of rotatable bonds is 9. The molecule has 1 N–H and O–H groups in total. The lowest BCUT2D eigenvalue weighted by Gasteiger charge is -2.31. The Bertz CT molecular complexity index is 1280. The summed E-state index contributed by atoms with van der Waals surface area (Å²) in [5, 5.41) is 5.00. The fourth-order valence-corrected chi connectivity index (χ4v) is 4.80. The zero-order chi connectivity index (χ0) is 24.8. The molecule has 180 valence electrons. The molecule has 4 aromatic rings. The third kappa shape index (κ3) is 5.89. The lowest BCUT2D eigenvalue weighted by molar-refractivity contribution is -0.126. The molecule has 2 amide bonds. The van der Waals surface area contributed by atoms with E-state index in [9.17, 15) is 9.59 Å². The van der Waals surface area contributed by atoms with E-state index in [2.05, 4.69) is 5.32 Å². The Labute approximate surface area is 210 Å². The van der Waals surface area contributed by atoms with E-state index in [0.29, 0.717) is 30.2 Å². The molecule has 4 rings (SSSR count). The second-order valence-electron chi connectivity index (χ2n) is 8.62. The Morgan fingerprint density at radius 3 is 2.43 bits per heavy atom. The number of amides is 2. The van der Waals surface area contributed by atoms with Crippen molar-refractivity contribution < 1.29 is 14.0 Å². The maximum Gasteiger partial charge on any atom is 0.251 e. The average molecular weight is 487 g/mol. The molecule has 0 saturated heterocycles. The highest BCUT2D eigenvalue weighted by Gasteiger charge is 2.36. The third-order valence-electron chi connectivity index (χ3n) is 6.10. The SMILES string of the molecule is Cc1ccc(C(C(=O)NCCc2ccccc2)N(C(=O)Cc2cccs2)c2cccc(C)c2C)o1. The van der Waals surface area contributed by atoms with Crippen LogP contribution in [0.2, 0.25) is 0 Å². The molecule has 0 bridgehead atoms. The van der Waals surface area contributed by atoms with Crippen LogP contribution in [-0.2, 0) is 22.4 Å². The van der Waals surface area contributed by atoms with E-state index in [1.165, 1.54) is 11.3 Å². The summed E-state index contributed by atoms with van der Waals surface area (Å²) >= 11 is 1.53. The Balaban J connectivity index is 1.69. The Morgan fingerprint density at radius 2 is 1.74 bits per heavy atom. The minimum Gasteiger partial charge on any atom is -0.464 e. The first-order chi connectivity index (χ1) is 16.9. The number of thiophene rings is 1. The molecule has 0 fully saturated rings. The van der Waals surface area contributed by atoms with Crippen LogP contribution in [0.3, 0.4) is 0 Å². The summed E-state index contributed by atoms with van der Waals surface area (Å²) in [6.07, 6.45) is 0.904. The van der Waals surface area contributed by atoms with Gasteiger partial charge in [0.2, 0.25) is 5.91 Å². The van der Waals surface area contributed by atoms with Crippen molar-refractivity contribution in [3.8, 4) is 0 Å². The quantitative estimate of drug-likeness (QED) is 0.318. The number of anilines is 1. The van der Waals surface area contributed by atoms with Gasteiger partial charge in [0.25, 0.3) is 5.91 Å². The summed E-state index contributed by atoms with van der Waals surface area (Å²) in [4.78, 5) is 30.1. The molecule has 0 aliphatic carbocycles. The maximum absolute atomic E-state index is 13.8. The van der Waals surface area contributed by atoms with Crippen LogP contribution in [0.4, 0.5) is 5.69 Å². The van der Waals surface area contributed by atoms with Gasteiger partial charge < -0.3 is 9.73 Å². The molecule has 1 atom stereocenters. The molecule has 6 heteroatoms. The maximum atomic E-state index is 13.8. The van der Waals surface area contributed by atoms with Crippen LogP contribution in [0.15, 0.2) is 82.6 Å². The minimum atomic E-state index is -0.924. The van der Waals surface area contributed by atoms with Gasteiger partial charge in [0.15, 0.2) is 6.04 Å². The van der Waals surface area contributed by atoms with Crippen molar-refractivity contribution >= 4 is 28.8 Å². The van der Waals surface area contributed by atoms with E-state index in [0.717, 1.165) is 21.6 Å². The van der Waals surface area contributed by atoms with Crippen molar-refractivity contribution in [2.75, 3.05) is 11.4 Å². The molecule has 0 saturated carbocycles. The molecular weight excluding hydrogens is 456 g/mol. The number of carbonyl (C=O) groups excluding carboxylic acids is 2. The summed E-state index contributed by atoms with van der Waals surface area (Å²) in [6.45, 7) is 6.28. The van der Waals surface area contributed by atoms with Crippen molar-refractivity contribution in [2.24, 2.45) is 0 Å². The largest absolute Gasteiger partial charge is 0.464 e.